The molecule has 4 amide bonds. The van der Waals surface area contributed by atoms with Gasteiger partial charge in [0.05, 0.1) is 0 Å². The van der Waals surface area contributed by atoms with Gasteiger partial charge in [-0.15, -0.1) is 0 Å². The summed E-state index contributed by atoms with van der Waals surface area (Å²) < 4.78 is 7.31. The zero-order valence-corrected chi connectivity index (χ0v) is 23.0. The lowest BCUT2D eigenvalue weighted by atomic mass is 10.00. The van der Waals surface area contributed by atoms with Crippen molar-refractivity contribution in [1.29, 1.82) is 0 Å². The average molecular weight is 549 g/mol. The minimum atomic E-state index is -0.883. The third-order valence-corrected chi connectivity index (χ3v) is 6.90. The molecule has 0 aliphatic carbocycles. The maximum atomic E-state index is 13.6. The molecule has 3 heterocycles. The zero-order valence-electron chi connectivity index (χ0n) is 23.0. The normalized spacial score (nSPS) is 20.9. The van der Waals surface area contributed by atoms with Crippen molar-refractivity contribution in [3.63, 3.8) is 0 Å². The van der Waals surface area contributed by atoms with Gasteiger partial charge >= 0.3 is 0 Å². The predicted octanol–water partition coefficient (Wildman–Crippen LogP) is 2.27. The smallest absolute Gasteiger partial charge is 0.273 e. The first-order valence-electron chi connectivity index (χ1n) is 13.5. The third kappa shape index (κ3) is 7.16. The van der Waals surface area contributed by atoms with E-state index < -0.39 is 35.8 Å². The van der Waals surface area contributed by atoms with Crippen LogP contribution < -0.4 is 21.3 Å². The van der Waals surface area contributed by atoms with Crippen LogP contribution in [0.5, 0.6) is 0 Å². The lowest BCUT2D eigenvalue weighted by Gasteiger charge is -2.27. The van der Waals surface area contributed by atoms with Gasteiger partial charge in [-0.05, 0) is 42.9 Å². The molecule has 3 aromatic rings. The summed E-state index contributed by atoms with van der Waals surface area (Å²) in [5.74, 6) is -1.72. The van der Waals surface area contributed by atoms with Crippen molar-refractivity contribution in [2.24, 2.45) is 13.0 Å². The second-order valence-corrected chi connectivity index (χ2v) is 10.3. The minimum Gasteiger partial charge on any atom is -0.446 e. The van der Waals surface area contributed by atoms with Crippen LogP contribution in [0, 0.1) is 5.92 Å². The van der Waals surface area contributed by atoms with E-state index in [2.05, 4.69) is 26.3 Å². The monoisotopic (exact) mass is 548 g/mol. The molecule has 0 radical (unpaired) electrons. The molecule has 1 aliphatic heterocycles. The second kappa shape index (κ2) is 13.1. The Kier molecular flexibility index (Phi) is 9.36. The highest BCUT2D eigenvalue weighted by molar-refractivity contribution is 5.97. The van der Waals surface area contributed by atoms with E-state index in [4.69, 9.17) is 4.42 Å². The Bertz CT molecular complexity index is 1330. The number of aromatic nitrogens is 2. The Labute approximate surface area is 233 Å². The topological polar surface area (TPSA) is 147 Å². The SMILES string of the molecule is CC(C)[C@@H]1NC(=O)[C@@H](NC(=O)c2cccn2C)CCCCNC(=O)c2coc(n2)[C@@H](Cc2ccccc2)NC1=O. The standard InChI is InChI=1S/C29H36N6O5/c1-18(2)24-28(39)32-21(16-19-10-5-4-6-11-19)29-33-22(17-40-29)25(36)30-14-8-7-12-20(26(37)34-24)31-27(38)23-13-9-15-35(23)3/h4-6,9-11,13,15,17-18,20-21,24H,7-8,12,14,16H2,1-3H3,(H,30,36)(H,31,38)(H,32,39)(H,34,37)/t20-,21+,24-/m0/s1. The van der Waals surface area contributed by atoms with Crippen LogP contribution in [0.4, 0.5) is 0 Å². The summed E-state index contributed by atoms with van der Waals surface area (Å²) in [5, 5.41) is 11.5. The van der Waals surface area contributed by atoms with Crippen LogP contribution in [0.3, 0.4) is 0 Å². The fourth-order valence-electron chi connectivity index (χ4n) is 4.62. The highest BCUT2D eigenvalue weighted by Gasteiger charge is 2.32. The van der Waals surface area contributed by atoms with Gasteiger partial charge in [0.2, 0.25) is 17.7 Å². The van der Waals surface area contributed by atoms with Gasteiger partial charge in [0.15, 0.2) is 5.69 Å². The molecule has 40 heavy (non-hydrogen) atoms. The molecule has 4 N–H and O–H groups in total. The van der Waals surface area contributed by atoms with Gasteiger partial charge in [-0.3, -0.25) is 19.2 Å². The molecule has 4 rings (SSSR count). The second-order valence-electron chi connectivity index (χ2n) is 10.3. The van der Waals surface area contributed by atoms with E-state index in [0.717, 1.165) is 5.56 Å². The molecular weight excluding hydrogens is 512 g/mol. The van der Waals surface area contributed by atoms with Crippen LogP contribution in [0.25, 0.3) is 0 Å². The Morgan fingerprint density at radius 1 is 1.07 bits per heavy atom. The minimum absolute atomic E-state index is 0.121. The van der Waals surface area contributed by atoms with Gasteiger partial charge in [0.1, 0.15) is 30.1 Å². The number of carbonyl (C=O) groups is 4. The molecule has 11 heteroatoms. The number of amides is 4. The summed E-state index contributed by atoms with van der Waals surface area (Å²) in [6.07, 6.45) is 4.85. The number of hydrogen-bond acceptors (Lipinski definition) is 6. The number of hydrogen-bond donors (Lipinski definition) is 4. The van der Waals surface area contributed by atoms with Crippen LogP contribution in [0.1, 0.15) is 71.6 Å². The Morgan fingerprint density at radius 2 is 1.85 bits per heavy atom. The predicted molar refractivity (Wildman–Crippen MR) is 147 cm³/mol. The van der Waals surface area contributed by atoms with Crippen molar-refractivity contribution in [2.75, 3.05) is 6.54 Å². The molecule has 0 fully saturated rings. The van der Waals surface area contributed by atoms with Crippen molar-refractivity contribution in [3.8, 4) is 0 Å². The Hall–Kier alpha value is -4.41. The molecule has 3 atom stereocenters. The van der Waals surface area contributed by atoms with E-state index in [1.807, 2.05) is 44.2 Å². The number of fused-ring (bicyclic) bond motifs is 2. The Morgan fingerprint density at radius 3 is 2.55 bits per heavy atom. The molecule has 1 aliphatic rings. The van der Waals surface area contributed by atoms with Crippen molar-refractivity contribution in [3.05, 3.63) is 77.8 Å². The van der Waals surface area contributed by atoms with Crippen molar-refractivity contribution in [1.82, 2.24) is 30.8 Å². The molecule has 0 unspecified atom stereocenters. The molecule has 11 nitrogen and oxygen atoms in total. The average Bonchev–Trinajstić information content (AvgIpc) is 3.59. The first-order chi connectivity index (χ1) is 19.2. The van der Waals surface area contributed by atoms with Gasteiger partial charge in [0.25, 0.3) is 11.8 Å². The lowest BCUT2D eigenvalue weighted by molar-refractivity contribution is -0.131. The van der Waals surface area contributed by atoms with Crippen LogP contribution in [-0.4, -0.2) is 51.8 Å². The molecule has 0 saturated heterocycles. The van der Waals surface area contributed by atoms with Crippen molar-refractivity contribution >= 4 is 23.6 Å². The number of carbonyl (C=O) groups excluding carboxylic acids is 4. The maximum Gasteiger partial charge on any atom is 0.273 e. The summed E-state index contributed by atoms with van der Waals surface area (Å²) in [6.45, 7) is 4.03. The molecule has 1 aromatic carbocycles. The van der Waals surface area contributed by atoms with Crippen LogP contribution in [0.2, 0.25) is 0 Å². The zero-order chi connectivity index (χ0) is 28.6. The van der Waals surface area contributed by atoms with E-state index in [-0.39, 0.29) is 23.4 Å². The first kappa shape index (κ1) is 28.6. The third-order valence-electron chi connectivity index (χ3n) is 6.90. The number of aryl methyl sites for hydroxylation is 1. The highest BCUT2D eigenvalue weighted by Crippen LogP contribution is 2.20. The number of benzene rings is 1. The van der Waals surface area contributed by atoms with Gasteiger partial charge in [-0.25, -0.2) is 4.98 Å². The molecule has 0 spiro atoms. The number of nitrogens with zero attached hydrogens (tertiary/aromatic N) is 2. The summed E-state index contributed by atoms with van der Waals surface area (Å²) in [6, 6.07) is 10.5. The van der Waals surface area contributed by atoms with Gasteiger partial charge in [0, 0.05) is 26.2 Å². The summed E-state index contributed by atoms with van der Waals surface area (Å²) in [4.78, 5) is 57.0. The van der Waals surface area contributed by atoms with Gasteiger partial charge < -0.3 is 30.3 Å². The largest absolute Gasteiger partial charge is 0.446 e. The quantitative estimate of drug-likeness (QED) is 0.385. The van der Waals surface area contributed by atoms with Crippen molar-refractivity contribution < 1.29 is 23.6 Å². The fraction of sp³-hybridized carbons (Fsp3) is 0.414. The molecular formula is C29H36N6O5. The maximum absolute atomic E-state index is 13.6. The van der Waals surface area contributed by atoms with Gasteiger partial charge in [-0.2, -0.15) is 0 Å². The van der Waals surface area contributed by atoms with E-state index >= 15 is 0 Å². The van der Waals surface area contributed by atoms with Crippen LogP contribution in [0.15, 0.2) is 59.3 Å². The Balaban J connectivity index is 1.60. The van der Waals surface area contributed by atoms with E-state index in [1.165, 1.54) is 6.26 Å². The first-order valence-corrected chi connectivity index (χ1v) is 13.5. The summed E-state index contributed by atoms with van der Waals surface area (Å²) in [5.41, 5.74) is 1.47. The number of rotatable bonds is 5. The highest BCUT2D eigenvalue weighted by atomic mass is 16.3. The summed E-state index contributed by atoms with van der Waals surface area (Å²) >= 11 is 0. The summed E-state index contributed by atoms with van der Waals surface area (Å²) in [7, 11) is 1.75. The molecule has 2 aromatic heterocycles. The van der Waals surface area contributed by atoms with Crippen LogP contribution in [-0.2, 0) is 23.1 Å². The van der Waals surface area contributed by atoms with E-state index in [9.17, 15) is 19.2 Å². The number of oxazole rings is 1. The molecule has 2 bridgehead atoms. The van der Waals surface area contributed by atoms with Gasteiger partial charge in [-0.1, -0.05) is 44.2 Å². The molecule has 0 saturated carbocycles. The lowest BCUT2D eigenvalue weighted by Crippen LogP contribution is -2.56. The number of nitrogens with one attached hydrogen (secondary N) is 4. The molecule has 212 valence electrons. The van der Waals surface area contributed by atoms with E-state index in [1.54, 1.807) is 29.9 Å². The van der Waals surface area contributed by atoms with Crippen molar-refractivity contribution in [2.45, 2.75) is 57.7 Å². The fourth-order valence-corrected chi connectivity index (χ4v) is 4.62. The van der Waals surface area contributed by atoms with Crippen LogP contribution >= 0.6 is 0 Å². The van der Waals surface area contributed by atoms with E-state index in [0.29, 0.717) is 37.9 Å².